The van der Waals surface area contributed by atoms with E-state index in [1.165, 1.54) is 0 Å². The summed E-state index contributed by atoms with van der Waals surface area (Å²) in [6, 6.07) is 0.378. The molecule has 0 heterocycles. The standard InChI is InChI=1S/C9H17NO2/c1-7(2)9(11)12-6-10(5)8(3)4/h8H,1,6H2,2-5H3. The monoisotopic (exact) mass is 171 g/mol. The Kier molecular flexibility index (Phi) is 4.59. The molecule has 0 saturated carbocycles. The summed E-state index contributed by atoms with van der Waals surface area (Å²) in [5.41, 5.74) is 0.437. The van der Waals surface area contributed by atoms with Gasteiger partial charge < -0.3 is 4.74 Å². The van der Waals surface area contributed by atoms with Crippen molar-refractivity contribution in [2.45, 2.75) is 26.8 Å². The van der Waals surface area contributed by atoms with Gasteiger partial charge in [-0.05, 0) is 27.8 Å². The number of rotatable bonds is 4. The van der Waals surface area contributed by atoms with Crippen molar-refractivity contribution in [2.24, 2.45) is 0 Å². The van der Waals surface area contributed by atoms with Crippen LogP contribution in [0.1, 0.15) is 20.8 Å². The number of nitrogens with zero attached hydrogens (tertiary/aromatic N) is 1. The Hall–Kier alpha value is -0.830. The van der Waals surface area contributed by atoms with E-state index in [1.807, 2.05) is 25.8 Å². The van der Waals surface area contributed by atoms with Crippen molar-refractivity contribution in [1.82, 2.24) is 4.90 Å². The van der Waals surface area contributed by atoms with Gasteiger partial charge in [-0.3, -0.25) is 4.90 Å². The van der Waals surface area contributed by atoms with Crippen LogP contribution in [-0.4, -0.2) is 30.7 Å². The first-order valence-electron chi connectivity index (χ1n) is 3.98. The van der Waals surface area contributed by atoms with Gasteiger partial charge in [0.2, 0.25) is 0 Å². The van der Waals surface area contributed by atoms with Crippen molar-refractivity contribution in [3.05, 3.63) is 12.2 Å². The third-order valence-electron chi connectivity index (χ3n) is 1.63. The molecule has 0 aromatic carbocycles. The Morgan fingerprint density at radius 2 is 2.08 bits per heavy atom. The average molecular weight is 171 g/mol. The summed E-state index contributed by atoms with van der Waals surface area (Å²) >= 11 is 0. The van der Waals surface area contributed by atoms with Gasteiger partial charge in [0.05, 0.1) is 0 Å². The predicted octanol–water partition coefficient (Wildman–Crippen LogP) is 1.40. The topological polar surface area (TPSA) is 29.5 Å². The fraction of sp³-hybridized carbons (Fsp3) is 0.667. The van der Waals surface area contributed by atoms with Gasteiger partial charge in [0.25, 0.3) is 0 Å². The van der Waals surface area contributed by atoms with Gasteiger partial charge in [0.15, 0.2) is 0 Å². The number of carbonyl (C=O) groups is 1. The van der Waals surface area contributed by atoms with Gasteiger partial charge in [0, 0.05) is 11.6 Å². The minimum Gasteiger partial charge on any atom is -0.446 e. The first-order valence-corrected chi connectivity index (χ1v) is 3.98. The highest BCUT2D eigenvalue weighted by Crippen LogP contribution is 1.96. The van der Waals surface area contributed by atoms with Crippen molar-refractivity contribution in [2.75, 3.05) is 13.8 Å². The Labute approximate surface area is 74.0 Å². The van der Waals surface area contributed by atoms with Gasteiger partial charge in [-0.2, -0.15) is 0 Å². The molecule has 0 N–H and O–H groups in total. The second kappa shape index (κ2) is 4.93. The van der Waals surface area contributed by atoms with Crippen molar-refractivity contribution >= 4 is 5.97 Å². The average Bonchev–Trinajstić information content (AvgIpc) is 1.98. The molecular weight excluding hydrogens is 154 g/mol. The molecule has 0 radical (unpaired) electrons. The maximum atomic E-state index is 10.9. The maximum absolute atomic E-state index is 10.9. The highest BCUT2D eigenvalue weighted by Gasteiger charge is 2.07. The molecule has 0 aromatic heterocycles. The number of ether oxygens (including phenoxy) is 1. The van der Waals surface area contributed by atoms with E-state index >= 15 is 0 Å². The fourth-order valence-corrected chi connectivity index (χ4v) is 0.433. The summed E-state index contributed by atoms with van der Waals surface area (Å²) < 4.78 is 4.91. The summed E-state index contributed by atoms with van der Waals surface area (Å²) in [5.74, 6) is -0.331. The minimum absolute atomic E-state index is 0.323. The molecule has 0 unspecified atom stereocenters. The number of esters is 1. The molecule has 0 aliphatic rings. The summed E-state index contributed by atoms with van der Waals surface area (Å²) in [7, 11) is 1.90. The molecule has 0 fully saturated rings. The normalized spacial score (nSPS) is 10.5. The van der Waals surface area contributed by atoms with Crippen LogP contribution < -0.4 is 0 Å². The Morgan fingerprint density at radius 1 is 1.58 bits per heavy atom. The lowest BCUT2D eigenvalue weighted by Crippen LogP contribution is -2.30. The largest absolute Gasteiger partial charge is 0.446 e. The molecule has 3 nitrogen and oxygen atoms in total. The van der Waals surface area contributed by atoms with E-state index in [0.29, 0.717) is 18.3 Å². The Bertz CT molecular complexity index is 175. The Balaban J connectivity index is 3.69. The Morgan fingerprint density at radius 3 is 2.42 bits per heavy atom. The van der Waals surface area contributed by atoms with E-state index in [4.69, 9.17) is 4.74 Å². The van der Waals surface area contributed by atoms with Crippen LogP contribution in [0.5, 0.6) is 0 Å². The van der Waals surface area contributed by atoms with Crippen LogP contribution in [0.25, 0.3) is 0 Å². The quantitative estimate of drug-likeness (QED) is 0.364. The highest BCUT2D eigenvalue weighted by atomic mass is 16.5. The number of carbonyl (C=O) groups excluding carboxylic acids is 1. The van der Waals surface area contributed by atoms with Gasteiger partial charge >= 0.3 is 5.97 Å². The van der Waals surface area contributed by atoms with Crippen LogP contribution >= 0.6 is 0 Å². The highest BCUT2D eigenvalue weighted by molar-refractivity contribution is 5.86. The van der Waals surface area contributed by atoms with Crippen LogP contribution in [0.3, 0.4) is 0 Å². The molecule has 0 bridgehead atoms. The van der Waals surface area contributed by atoms with Crippen LogP contribution in [0.4, 0.5) is 0 Å². The van der Waals surface area contributed by atoms with Crippen LogP contribution in [0, 0.1) is 0 Å². The summed E-state index contributed by atoms with van der Waals surface area (Å²) in [6.07, 6.45) is 0. The second-order valence-electron chi connectivity index (χ2n) is 3.19. The molecule has 12 heavy (non-hydrogen) atoms. The molecular formula is C9H17NO2. The molecule has 0 rings (SSSR count). The molecule has 0 spiro atoms. The van der Waals surface area contributed by atoms with E-state index in [1.54, 1.807) is 6.92 Å². The zero-order chi connectivity index (χ0) is 9.72. The summed E-state index contributed by atoms with van der Waals surface area (Å²) in [4.78, 5) is 12.9. The van der Waals surface area contributed by atoms with Crippen molar-refractivity contribution in [1.29, 1.82) is 0 Å². The van der Waals surface area contributed by atoms with Crippen molar-refractivity contribution in [3.8, 4) is 0 Å². The van der Waals surface area contributed by atoms with E-state index in [9.17, 15) is 4.79 Å². The number of hydrogen-bond acceptors (Lipinski definition) is 3. The van der Waals surface area contributed by atoms with E-state index in [2.05, 4.69) is 6.58 Å². The molecule has 0 saturated heterocycles. The zero-order valence-corrected chi connectivity index (χ0v) is 8.26. The fourth-order valence-electron chi connectivity index (χ4n) is 0.433. The van der Waals surface area contributed by atoms with E-state index in [-0.39, 0.29) is 5.97 Å². The second-order valence-corrected chi connectivity index (χ2v) is 3.19. The lowest BCUT2D eigenvalue weighted by molar-refractivity contribution is -0.143. The first-order chi connectivity index (χ1) is 5.45. The smallest absolute Gasteiger partial charge is 0.334 e. The SMILES string of the molecule is C=C(C)C(=O)OCN(C)C(C)C. The lowest BCUT2D eigenvalue weighted by atomic mass is 10.3. The minimum atomic E-state index is -0.331. The van der Waals surface area contributed by atoms with Crippen molar-refractivity contribution < 1.29 is 9.53 Å². The van der Waals surface area contributed by atoms with Crippen LogP contribution in [-0.2, 0) is 9.53 Å². The number of hydrogen-bond donors (Lipinski definition) is 0. The summed E-state index contributed by atoms with van der Waals surface area (Å²) in [6.45, 7) is 9.52. The predicted molar refractivity (Wildman–Crippen MR) is 48.7 cm³/mol. The third-order valence-corrected chi connectivity index (χ3v) is 1.63. The first kappa shape index (κ1) is 11.2. The third kappa shape index (κ3) is 4.13. The van der Waals surface area contributed by atoms with Gasteiger partial charge in [0.1, 0.15) is 6.73 Å². The van der Waals surface area contributed by atoms with Gasteiger partial charge in [-0.15, -0.1) is 0 Å². The molecule has 0 aliphatic heterocycles. The summed E-state index contributed by atoms with van der Waals surface area (Å²) in [5, 5.41) is 0. The molecule has 0 aliphatic carbocycles. The molecule has 0 amide bonds. The van der Waals surface area contributed by atoms with E-state index < -0.39 is 0 Å². The van der Waals surface area contributed by atoms with Crippen molar-refractivity contribution in [3.63, 3.8) is 0 Å². The van der Waals surface area contributed by atoms with Crippen LogP contribution in [0.2, 0.25) is 0 Å². The van der Waals surface area contributed by atoms with Crippen LogP contribution in [0.15, 0.2) is 12.2 Å². The zero-order valence-electron chi connectivity index (χ0n) is 8.26. The molecule has 3 heteroatoms. The molecule has 0 atom stereocenters. The molecule has 0 aromatic rings. The van der Waals surface area contributed by atoms with Gasteiger partial charge in [-0.1, -0.05) is 6.58 Å². The maximum Gasteiger partial charge on any atom is 0.334 e. The van der Waals surface area contributed by atoms with E-state index in [0.717, 1.165) is 0 Å². The molecule has 70 valence electrons. The lowest BCUT2D eigenvalue weighted by Gasteiger charge is -2.20. The van der Waals surface area contributed by atoms with Gasteiger partial charge in [-0.25, -0.2) is 4.79 Å².